The van der Waals surface area contributed by atoms with Gasteiger partial charge in [-0.25, -0.2) is 4.79 Å². The normalized spacial score (nSPS) is 10.5. The first kappa shape index (κ1) is 20.9. The molecule has 28 heavy (non-hydrogen) atoms. The third-order valence-corrected chi connectivity index (χ3v) is 4.04. The molecule has 0 aliphatic heterocycles. The summed E-state index contributed by atoms with van der Waals surface area (Å²) in [6.45, 7) is 3.25. The lowest BCUT2D eigenvalue weighted by Crippen LogP contribution is -2.40. The third kappa shape index (κ3) is 4.85. The molecule has 8 nitrogen and oxygen atoms in total. The third-order valence-electron chi connectivity index (χ3n) is 4.04. The van der Waals surface area contributed by atoms with Gasteiger partial charge in [-0.1, -0.05) is 18.2 Å². The predicted octanol–water partition coefficient (Wildman–Crippen LogP) is 3.26. The molecule has 0 aliphatic carbocycles. The summed E-state index contributed by atoms with van der Waals surface area (Å²) in [5.41, 5.74) is 0.967. The zero-order valence-electron chi connectivity index (χ0n) is 16.3. The van der Waals surface area contributed by atoms with Gasteiger partial charge in [-0.05, 0) is 32.0 Å². The van der Waals surface area contributed by atoms with Crippen molar-refractivity contribution in [1.82, 2.24) is 0 Å². The van der Waals surface area contributed by atoms with Crippen molar-refractivity contribution in [2.24, 2.45) is 0 Å². The highest BCUT2D eigenvalue weighted by atomic mass is 16.6. The van der Waals surface area contributed by atoms with Crippen LogP contribution in [0.25, 0.3) is 0 Å². The van der Waals surface area contributed by atoms with Crippen molar-refractivity contribution in [2.75, 3.05) is 30.5 Å². The van der Waals surface area contributed by atoms with Crippen LogP contribution in [0.2, 0.25) is 0 Å². The fourth-order valence-electron chi connectivity index (χ4n) is 2.78. The van der Waals surface area contributed by atoms with E-state index in [0.29, 0.717) is 11.4 Å². The quantitative estimate of drug-likeness (QED) is 0.413. The van der Waals surface area contributed by atoms with Gasteiger partial charge in [0.05, 0.1) is 16.2 Å². The van der Waals surface area contributed by atoms with E-state index < -0.39 is 17.5 Å². The summed E-state index contributed by atoms with van der Waals surface area (Å²) in [6, 6.07) is 12.9. The van der Waals surface area contributed by atoms with E-state index in [9.17, 15) is 19.7 Å². The molecular formula is C20H23N3O5. The minimum atomic E-state index is -0.794. The fraction of sp³-hybridized carbons (Fsp3) is 0.300. The van der Waals surface area contributed by atoms with Crippen LogP contribution in [-0.2, 0) is 9.53 Å². The van der Waals surface area contributed by atoms with Crippen LogP contribution < -0.4 is 9.80 Å². The smallest absolute Gasteiger partial charge is 0.341 e. The Kier molecular flexibility index (Phi) is 6.70. The van der Waals surface area contributed by atoms with E-state index in [-0.39, 0.29) is 23.2 Å². The minimum Gasteiger partial charge on any atom is -0.452 e. The van der Waals surface area contributed by atoms with Gasteiger partial charge in [-0.3, -0.25) is 14.9 Å². The fourth-order valence-corrected chi connectivity index (χ4v) is 2.78. The number of benzene rings is 2. The van der Waals surface area contributed by atoms with Gasteiger partial charge in [-0.2, -0.15) is 0 Å². The van der Waals surface area contributed by atoms with Gasteiger partial charge in [-0.15, -0.1) is 0 Å². The van der Waals surface area contributed by atoms with E-state index in [2.05, 4.69) is 0 Å². The monoisotopic (exact) mass is 385 g/mol. The molecule has 0 atom stereocenters. The van der Waals surface area contributed by atoms with Crippen LogP contribution in [0.5, 0.6) is 0 Å². The summed E-state index contributed by atoms with van der Waals surface area (Å²) in [7, 11) is 3.41. The Labute approximate surface area is 163 Å². The minimum absolute atomic E-state index is 0.0304. The number of nitrogens with zero attached hydrogens (tertiary/aromatic N) is 3. The summed E-state index contributed by atoms with van der Waals surface area (Å²) < 4.78 is 5.19. The number of non-ortho nitro benzene ring substituents is 1. The maximum absolute atomic E-state index is 12.6. The van der Waals surface area contributed by atoms with E-state index in [1.165, 1.54) is 17.0 Å². The topological polar surface area (TPSA) is 93.0 Å². The maximum atomic E-state index is 12.6. The molecular weight excluding hydrogens is 362 g/mol. The van der Waals surface area contributed by atoms with Crippen molar-refractivity contribution in [2.45, 2.75) is 19.9 Å². The first-order chi connectivity index (χ1) is 13.2. The number of rotatable bonds is 7. The van der Waals surface area contributed by atoms with Crippen molar-refractivity contribution in [3.05, 3.63) is 64.2 Å². The SMILES string of the molecule is CC(C)N(C(=O)COC(=O)c1cc([N+](=O)[O-])ccc1N(C)C)c1ccccc1. The summed E-state index contributed by atoms with van der Waals surface area (Å²) >= 11 is 0. The zero-order chi connectivity index (χ0) is 20.8. The second kappa shape index (κ2) is 8.98. The molecule has 0 aliphatic rings. The van der Waals surface area contributed by atoms with E-state index in [1.54, 1.807) is 31.1 Å². The Bertz CT molecular complexity index is 865. The number of carbonyl (C=O) groups is 2. The van der Waals surface area contributed by atoms with Gasteiger partial charge in [0.1, 0.15) is 0 Å². The Morgan fingerprint density at radius 2 is 1.75 bits per heavy atom. The molecule has 0 radical (unpaired) electrons. The van der Waals surface area contributed by atoms with Crippen LogP contribution in [0.15, 0.2) is 48.5 Å². The number of nitro groups is 1. The molecule has 2 rings (SSSR count). The lowest BCUT2D eigenvalue weighted by molar-refractivity contribution is -0.384. The number of hydrogen-bond donors (Lipinski definition) is 0. The average Bonchev–Trinajstić information content (AvgIpc) is 2.66. The average molecular weight is 385 g/mol. The van der Waals surface area contributed by atoms with Crippen LogP contribution in [-0.4, -0.2) is 43.5 Å². The molecule has 0 unspecified atom stereocenters. The molecule has 0 saturated carbocycles. The van der Waals surface area contributed by atoms with Crippen LogP contribution >= 0.6 is 0 Å². The van der Waals surface area contributed by atoms with E-state index in [0.717, 1.165) is 6.07 Å². The first-order valence-electron chi connectivity index (χ1n) is 8.72. The molecule has 8 heteroatoms. The predicted molar refractivity (Wildman–Crippen MR) is 107 cm³/mol. The number of hydrogen-bond acceptors (Lipinski definition) is 6. The Balaban J connectivity index is 2.20. The number of anilines is 2. The van der Waals surface area contributed by atoms with Gasteiger partial charge in [0, 0.05) is 38.0 Å². The van der Waals surface area contributed by atoms with Crippen LogP contribution in [0, 0.1) is 10.1 Å². The lowest BCUT2D eigenvalue weighted by atomic mass is 10.1. The van der Waals surface area contributed by atoms with Crippen LogP contribution in [0.1, 0.15) is 24.2 Å². The number of amides is 1. The first-order valence-corrected chi connectivity index (χ1v) is 8.72. The van der Waals surface area contributed by atoms with Crippen LogP contribution in [0.3, 0.4) is 0 Å². The van der Waals surface area contributed by atoms with Gasteiger partial charge >= 0.3 is 5.97 Å². The summed E-state index contributed by atoms with van der Waals surface area (Å²) in [5, 5.41) is 11.0. The zero-order valence-corrected chi connectivity index (χ0v) is 16.3. The van der Waals surface area contributed by atoms with Gasteiger partial charge < -0.3 is 14.5 Å². The van der Waals surface area contributed by atoms with E-state index in [4.69, 9.17) is 4.74 Å². The number of ether oxygens (including phenoxy) is 1. The standard InChI is InChI=1S/C20H23N3O5/c1-14(2)22(15-8-6-5-7-9-15)19(24)13-28-20(25)17-12-16(23(26)27)10-11-18(17)21(3)4/h5-12,14H,13H2,1-4H3. The lowest BCUT2D eigenvalue weighted by Gasteiger charge is -2.26. The second-order valence-corrected chi connectivity index (χ2v) is 6.62. The number of para-hydroxylation sites is 1. The largest absolute Gasteiger partial charge is 0.452 e. The summed E-state index contributed by atoms with van der Waals surface area (Å²) in [4.78, 5) is 38.8. The number of esters is 1. The maximum Gasteiger partial charge on any atom is 0.341 e. The second-order valence-electron chi connectivity index (χ2n) is 6.62. The van der Waals surface area contributed by atoms with Crippen molar-refractivity contribution in [3.63, 3.8) is 0 Å². The summed E-state index contributed by atoms with van der Waals surface area (Å²) in [6.07, 6.45) is 0. The van der Waals surface area contributed by atoms with Gasteiger partial charge in [0.2, 0.25) is 0 Å². The highest BCUT2D eigenvalue weighted by Gasteiger charge is 2.23. The highest BCUT2D eigenvalue weighted by Crippen LogP contribution is 2.25. The highest BCUT2D eigenvalue weighted by molar-refractivity contribution is 6.00. The molecule has 0 heterocycles. The van der Waals surface area contributed by atoms with E-state index in [1.807, 2.05) is 32.0 Å². The molecule has 0 fully saturated rings. The summed E-state index contributed by atoms with van der Waals surface area (Å²) in [5.74, 6) is -1.18. The molecule has 0 bridgehead atoms. The molecule has 0 saturated heterocycles. The molecule has 0 spiro atoms. The Hall–Kier alpha value is -3.42. The van der Waals surface area contributed by atoms with Gasteiger partial charge in [0.15, 0.2) is 6.61 Å². The molecule has 148 valence electrons. The molecule has 1 amide bonds. The number of carbonyl (C=O) groups excluding carboxylic acids is 2. The number of nitro benzene ring substituents is 1. The van der Waals surface area contributed by atoms with Crippen molar-refractivity contribution >= 4 is 28.9 Å². The molecule has 2 aromatic rings. The Morgan fingerprint density at radius 1 is 1.11 bits per heavy atom. The molecule has 0 N–H and O–H groups in total. The Morgan fingerprint density at radius 3 is 2.29 bits per heavy atom. The van der Waals surface area contributed by atoms with Crippen LogP contribution in [0.4, 0.5) is 17.1 Å². The van der Waals surface area contributed by atoms with E-state index >= 15 is 0 Å². The van der Waals surface area contributed by atoms with Crippen molar-refractivity contribution < 1.29 is 19.2 Å². The van der Waals surface area contributed by atoms with Crippen molar-refractivity contribution in [1.29, 1.82) is 0 Å². The van der Waals surface area contributed by atoms with Crippen molar-refractivity contribution in [3.8, 4) is 0 Å². The van der Waals surface area contributed by atoms with Gasteiger partial charge in [0.25, 0.3) is 11.6 Å². The molecule has 0 aromatic heterocycles. The molecule has 2 aromatic carbocycles.